The van der Waals surface area contributed by atoms with Crippen LogP contribution in [0.2, 0.25) is 0 Å². The Hall–Kier alpha value is -4.06. The summed E-state index contributed by atoms with van der Waals surface area (Å²) in [6.45, 7) is 0.512. The number of nitrogens with zero attached hydrogens (tertiary/aromatic N) is 2. The van der Waals surface area contributed by atoms with Crippen molar-refractivity contribution in [3.05, 3.63) is 108 Å². The zero-order valence-electron chi connectivity index (χ0n) is 16.2. The normalized spacial score (nSPS) is 15.1. The highest BCUT2D eigenvalue weighted by Crippen LogP contribution is 2.29. The van der Waals surface area contributed by atoms with E-state index in [1.54, 1.807) is 10.9 Å². The van der Waals surface area contributed by atoms with Crippen LogP contribution in [0.5, 0.6) is 5.75 Å². The molecular formula is C24H20N4O2. The van der Waals surface area contributed by atoms with E-state index in [9.17, 15) is 4.79 Å². The highest BCUT2D eigenvalue weighted by Gasteiger charge is 2.28. The number of hydrogen-bond donors (Lipinski definition) is 2. The Morgan fingerprint density at radius 2 is 1.57 bits per heavy atom. The van der Waals surface area contributed by atoms with Gasteiger partial charge in [0, 0.05) is 0 Å². The molecule has 6 heteroatoms. The largest absolute Gasteiger partial charge is 0.489 e. The topological polar surface area (TPSA) is 68.2 Å². The van der Waals surface area contributed by atoms with Crippen LogP contribution in [0.4, 0.5) is 5.82 Å². The van der Waals surface area contributed by atoms with E-state index in [2.05, 4.69) is 15.7 Å². The van der Waals surface area contributed by atoms with Gasteiger partial charge in [-0.05, 0) is 35.4 Å². The number of hydrogen-bond acceptors (Lipinski definition) is 4. The Labute approximate surface area is 174 Å². The Kier molecular flexibility index (Phi) is 4.65. The summed E-state index contributed by atoms with van der Waals surface area (Å²) < 4.78 is 7.60. The maximum Gasteiger partial charge on any atom is 0.258 e. The quantitative estimate of drug-likeness (QED) is 0.528. The second kappa shape index (κ2) is 7.75. The minimum absolute atomic E-state index is 0.152. The minimum Gasteiger partial charge on any atom is -0.489 e. The van der Waals surface area contributed by atoms with Gasteiger partial charge < -0.3 is 15.4 Å². The number of amides is 1. The van der Waals surface area contributed by atoms with Crippen LogP contribution in [0, 0.1) is 0 Å². The molecule has 1 aliphatic rings. The molecule has 1 aromatic heterocycles. The smallest absolute Gasteiger partial charge is 0.258 e. The SMILES string of the molecule is O=C1N[C@@H](c2ccc(OCc3ccccc3)cc2)Nc2c1cnn2-c1ccccc1. The van der Waals surface area contributed by atoms with E-state index in [1.807, 2.05) is 84.9 Å². The van der Waals surface area contributed by atoms with Gasteiger partial charge in [0.15, 0.2) is 0 Å². The highest BCUT2D eigenvalue weighted by molar-refractivity contribution is 6.01. The van der Waals surface area contributed by atoms with Crippen molar-refractivity contribution in [3.8, 4) is 11.4 Å². The summed E-state index contributed by atoms with van der Waals surface area (Å²) in [6.07, 6.45) is 1.23. The third-order valence-corrected chi connectivity index (χ3v) is 5.03. The van der Waals surface area contributed by atoms with Gasteiger partial charge in [-0.3, -0.25) is 4.79 Å². The van der Waals surface area contributed by atoms with Gasteiger partial charge in [-0.2, -0.15) is 5.10 Å². The molecule has 2 heterocycles. The molecule has 0 bridgehead atoms. The van der Waals surface area contributed by atoms with Crippen molar-refractivity contribution >= 4 is 11.7 Å². The van der Waals surface area contributed by atoms with Crippen molar-refractivity contribution in [1.82, 2.24) is 15.1 Å². The molecule has 1 atom stereocenters. The van der Waals surface area contributed by atoms with Crippen LogP contribution in [0.15, 0.2) is 91.1 Å². The van der Waals surface area contributed by atoms with Gasteiger partial charge >= 0.3 is 0 Å². The Balaban J connectivity index is 1.34. The number of nitrogens with one attached hydrogen (secondary N) is 2. The van der Waals surface area contributed by atoms with Crippen LogP contribution in [0.1, 0.15) is 27.7 Å². The average molecular weight is 396 g/mol. The number of fused-ring (bicyclic) bond motifs is 1. The third-order valence-electron chi connectivity index (χ3n) is 5.03. The predicted molar refractivity (Wildman–Crippen MR) is 115 cm³/mol. The second-order valence-electron chi connectivity index (χ2n) is 7.05. The summed E-state index contributed by atoms with van der Waals surface area (Å²) in [4.78, 5) is 12.6. The monoisotopic (exact) mass is 396 g/mol. The average Bonchev–Trinajstić information content (AvgIpc) is 3.24. The van der Waals surface area contributed by atoms with E-state index in [1.165, 1.54) is 0 Å². The van der Waals surface area contributed by atoms with Crippen LogP contribution in [0.25, 0.3) is 5.69 Å². The molecule has 6 nitrogen and oxygen atoms in total. The molecule has 1 aliphatic heterocycles. The molecule has 0 saturated heterocycles. The van der Waals surface area contributed by atoms with Crippen molar-refractivity contribution in [3.63, 3.8) is 0 Å². The summed E-state index contributed by atoms with van der Waals surface area (Å²) in [5.74, 6) is 1.31. The van der Waals surface area contributed by atoms with Crippen molar-refractivity contribution in [2.75, 3.05) is 5.32 Å². The van der Waals surface area contributed by atoms with Crippen LogP contribution in [-0.4, -0.2) is 15.7 Å². The summed E-state index contributed by atoms with van der Waals surface area (Å²) in [6, 6.07) is 27.5. The molecule has 1 amide bonds. The van der Waals surface area contributed by atoms with Gasteiger partial charge in [0.25, 0.3) is 5.91 Å². The second-order valence-corrected chi connectivity index (χ2v) is 7.05. The molecule has 3 aromatic carbocycles. The van der Waals surface area contributed by atoms with Gasteiger partial charge in [-0.25, -0.2) is 4.68 Å². The van der Waals surface area contributed by atoms with Gasteiger partial charge in [-0.1, -0.05) is 60.7 Å². The fraction of sp³-hybridized carbons (Fsp3) is 0.0833. The molecule has 0 fully saturated rings. The number of benzene rings is 3. The summed E-state index contributed by atoms with van der Waals surface area (Å²) >= 11 is 0. The lowest BCUT2D eigenvalue weighted by Gasteiger charge is -2.27. The maximum atomic E-state index is 12.6. The first kappa shape index (κ1) is 18.0. The van der Waals surface area contributed by atoms with Crippen molar-refractivity contribution in [2.45, 2.75) is 12.8 Å². The van der Waals surface area contributed by atoms with Gasteiger partial charge in [0.2, 0.25) is 0 Å². The van der Waals surface area contributed by atoms with Gasteiger partial charge in [0.1, 0.15) is 29.9 Å². The summed E-state index contributed by atoms with van der Waals surface area (Å²) in [5.41, 5.74) is 3.47. The number of ether oxygens (including phenoxy) is 1. The van der Waals surface area contributed by atoms with Crippen molar-refractivity contribution in [1.29, 1.82) is 0 Å². The molecule has 0 radical (unpaired) electrons. The number of anilines is 1. The molecular weight excluding hydrogens is 376 g/mol. The third kappa shape index (κ3) is 3.51. The Bertz CT molecular complexity index is 1160. The van der Waals surface area contributed by atoms with Gasteiger partial charge in [-0.15, -0.1) is 0 Å². The predicted octanol–water partition coefficient (Wildman–Crippen LogP) is 4.31. The van der Waals surface area contributed by atoms with Crippen molar-refractivity contribution in [2.24, 2.45) is 0 Å². The molecule has 0 aliphatic carbocycles. The minimum atomic E-state index is -0.354. The first-order valence-electron chi connectivity index (χ1n) is 9.75. The molecule has 0 unspecified atom stereocenters. The lowest BCUT2D eigenvalue weighted by molar-refractivity contribution is 0.0935. The molecule has 2 N–H and O–H groups in total. The summed E-state index contributed by atoms with van der Waals surface area (Å²) in [5, 5.41) is 10.8. The first-order valence-corrected chi connectivity index (χ1v) is 9.75. The Morgan fingerprint density at radius 1 is 0.867 bits per heavy atom. The van der Waals surface area contributed by atoms with Crippen LogP contribution >= 0.6 is 0 Å². The molecule has 148 valence electrons. The maximum absolute atomic E-state index is 12.6. The number of carbonyl (C=O) groups is 1. The lowest BCUT2D eigenvalue weighted by Crippen LogP contribution is -2.38. The van der Waals surface area contributed by atoms with Crippen molar-refractivity contribution < 1.29 is 9.53 Å². The van der Waals surface area contributed by atoms with Crippen LogP contribution < -0.4 is 15.4 Å². The molecule has 0 saturated carbocycles. The molecule has 30 heavy (non-hydrogen) atoms. The zero-order valence-corrected chi connectivity index (χ0v) is 16.2. The van der Waals surface area contributed by atoms with E-state index >= 15 is 0 Å². The molecule has 5 rings (SSSR count). The zero-order chi connectivity index (χ0) is 20.3. The number of aromatic nitrogens is 2. The van der Waals surface area contributed by atoms with Crippen LogP contribution in [-0.2, 0) is 6.61 Å². The van der Waals surface area contributed by atoms with Crippen LogP contribution in [0.3, 0.4) is 0 Å². The van der Waals surface area contributed by atoms with Gasteiger partial charge in [0.05, 0.1) is 11.9 Å². The Morgan fingerprint density at radius 3 is 2.30 bits per heavy atom. The fourth-order valence-corrected chi connectivity index (χ4v) is 3.46. The van der Waals surface area contributed by atoms with E-state index in [-0.39, 0.29) is 12.1 Å². The number of rotatable bonds is 5. The standard InChI is InChI=1S/C24H20N4O2/c29-24-21-15-25-28(19-9-5-2-6-10-19)23(21)26-22(27-24)18-11-13-20(14-12-18)30-16-17-7-3-1-4-8-17/h1-15,22,26H,16H2,(H,27,29)/t22-/m0/s1. The molecule has 0 spiro atoms. The number of carbonyl (C=O) groups excluding carboxylic acids is 1. The molecule has 4 aromatic rings. The number of para-hydroxylation sites is 1. The fourth-order valence-electron chi connectivity index (χ4n) is 3.46. The van der Waals surface area contributed by atoms with E-state index in [4.69, 9.17) is 4.74 Å². The van der Waals surface area contributed by atoms with E-state index in [0.29, 0.717) is 18.0 Å². The summed E-state index contributed by atoms with van der Waals surface area (Å²) in [7, 11) is 0. The van der Waals surface area contributed by atoms with E-state index in [0.717, 1.165) is 22.6 Å². The first-order chi connectivity index (χ1) is 14.8. The highest BCUT2D eigenvalue weighted by atomic mass is 16.5. The van der Waals surface area contributed by atoms with E-state index < -0.39 is 0 Å². The lowest BCUT2D eigenvalue weighted by atomic mass is 10.1.